The molecule has 0 radical (unpaired) electrons. The molecule has 1 fully saturated rings. The zero-order valence-electron chi connectivity index (χ0n) is 15.4. The summed E-state index contributed by atoms with van der Waals surface area (Å²) in [6, 6.07) is 3.20. The molecule has 0 spiro atoms. The van der Waals surface area contributed by atoms with Crippen molar-refractivity contribution >= 4 is 12.7 Å². The van der Waals surface area contributed by atoms with E-state index in [2.05, 4.69) is 5.92 Å². The van der Waals surface area contributed by atoms with Gasteiger partial charge in [0, 0.05) is 0 Å². The fourth-order valence-electron chi connectivity index (χ4n) is 2.48. The first-order valence-corrected chi connectivity index (χ1v) is 8.30. The van der Waals surface area contributed by atoms with Crippen LogP contribution in [0.3, 0.4) is 0 Å². The lowest BCUT2D eigenvalue weighted by atomic mass is 9.82. The molecule has 0 amide bonds. The minimum absolute atomic E-state index is 0.0726. The Morgan fingerprint density at radius 1 is 1.15 bits per heavy atom. The summed E-state index contributed by atoms with van der Waals surface area (Å²) in [4.78, 5) is 0. The number of benzene rings is 1. The second-order valence-electron chi connectivity index (χ2n) is 7.05. The number of ether oxygens (including phenoxy) is 1. The van der Waals surface area contributed by atoms with Crippen LogP contribution >= 0.6 is 0 Å². The summed E-state index contributed by atoms with van der Waals surface area (Å²) in [7, 11) is -1.24. The van der Waals surface area contributed by atoms with Crippen molar-refractivity contribution in [2.75, 3.05) is 13.2 Å². The molecule has 0 N–H and O–H groups in total. The van der Waals surface area contributed by atoms with Crippen molar-refractivity contribution in [3.8, 4) is 12.3 Å². The quantitative estimate of drug-likeness (QED) is 0.427. The summed E-state index contributed by atoms with van der Waals surface area (Å²) in [5.74, 6) is 0.242. The van der Waals surface area contributed by atoms with Gasteiger partial charge in [0.15, 0.2) is 11.6 Å². The predicted octanol–water partition coefficient (Wildman–Crippen LogP) is 4.32. The monoisotopic (exact) mass is 366 g/mol. The van der Waals surface area contributed by atoms with Crippen LogP contribution in [0, 0.1) is 24.0 Å². The number of hydrogen-bond acceptors (Lipinski definition) is 3. The first-order valence-electron chi connectivity index (χ1n) is 8.30. The average molecular weight is 366 g/mol. The van der Waals surface area contributed by atoms with E-state index in [0.29, 0.717) is 0 Å². The van der Waals surface area contributed by atoms with Gasteiger partial charge in [-0.15, -0.1) is 6.42 Å². The molecule has 1 aliphatic rings. The summed E-state index contributed by atoms with van der Waals surface area (Å²) in [6.45, 7) is 7.39. The van der Waals surface area contributed by atoms with Crippen LogP contribution in [0.4, 0.5) is 13.2 Å². The van der Waals surface area contributed by atoms with Gasteiger partial charge in [0.2, 0.25) is 0 Å². The smallest absolute Gasteiger partial charge is 0.398 e. The molecule has 1 aromatic rings. The maximum Gasteiger partial charge on any atom is 0.525 e. The number of terminal acetylenes is 1. The Bertz CT molecular complexity index is 722. The highest BCUT2D eigenvalue weighted by molar-refractivity contribution is 6.55. The Morgan fingerprint density at radius 3 is 2.31 bits per heavy atom. The van der Waals surface area contributed by atoms with E-state index in [1.54, 1.807) is 27.7 Å². The topological polar surface area (TPSA) is 27.7 Å². The van der Waals surface area contributed by atoms with Gasteiger partial charge in [0.1, 0.15) is 12.3 Å². The molecule has 7 heteroatoms. The van der Waals surface area contributed by atoms with Gasteiger partial charge >= 0.3 is 7.12 Å². The fourth-order valence-corrected chi connectivity index (χ4v) is 2.48. The molecule has 3 nitrogen and oxygen atoms in total. The normalized spacial score (nSPS) is 19.2. The number of halogens is 3. The third-order valence-corrected chi connectivity index (χ3v) is 4.70. The molecule has 1 heterocycles. The van der Waals surface area contributed by atoms with Crippen molar-refractivity contribution in [2.45, 2.75) is 45.3 Å². The third-order valence-electron chi connectivity index (χ3n) is 4.70. The van der Waals surface area contributed by atoms with Crippen molar-refractivity contribution in [1.82, 2.24) is 0 Å². The second-order valence-corrected chi connectivity index (χ2v) is 7.05. The summed E-state index contributed by atoms with van der Waals surface area (Å²) in [5.41, 5.74) is -1.83. The Hall–Kier alpha value is -1.75. The Kier molecular flexibility index (Phi) is 6.23. The van der Waals surface area contributed by atoms with Crippen LogP contribution in [0.1, 0.15) is 39.7 Å². The van der Waals surface area contributed by atoms with Crippen molar-refractivity contribution in [3.63, 3.8) is 0 Å². The van der Waals surface area contributed by atoms with E-state index in [1.165, 1.54) is 6.07 Å². The van der Waals surface area contributed by atoms with Crippen LogP contribution in [0.2, 0.25) is 0 Å². The lowest BCUT2D eigenvalue weighted by molar-refractivity contribution is 0.00578. The number of hydrogen-bond donors (Lipinski definition) is 0. The van der Waals surface area contributed by atoms with Gasteiger partial charge in [0.25, 0.3) is 0 Å². The lowest BCUT2D eigenvalue weighted by Crippen LogP contribution is -2.41. The fraction of sp³-hybridized carbons (Fsp3) is 0.474. The zero-order valence-corrected chi connectivity index (χ0v) is 15.4. The molecule has 1 saturated heterocycles. The summed E-state index contributed by atoms with van der Waals surface area (Å²) in [6.07, 6.45) is 5.22. The molecule has 26 heavy (non-hydrogen) atoms. The maximum atomic E-state index is 15.2. The van der Waals surface area contributed by atoms with Gasteiger partial charge in [-0.05, 0) is 57.4 Å². The summed E-state index contributed by atoms with van der Waals surface area (Å²) < 4.78 is 58.7. The summed E-state index contributed by atoms with van der Waals surface area (Å²) in [5, 5.41) is 0. The van der Waals surface area contributed by atoms with Gasteiger partial charge in [-0.1, -0.05) is 12.0 Å². The van der Waals surface area contributed by atoms with Gasteiger partial charge in [-0.3, -0.25) is 0 Å². The molecule has 140 valence electrons. The summed E-state index contributed by atoms with van der Waals surface area (Å²) >= 11 is 0. The van der Waals surface area contributed by atoms with Gasteiger partial charge < -0.3 is 14.0 Å². The Balaban J connectivity index is 2.37. The van der Waals surface area contributed by atoms with Crippen LogP contribution < -0.4 is 0 Å². The standard InChI is InChI=1S/C19H22BF3O3/c1-6-10-24-11-9-14(13-7-8-15(21)16(22)12-13)17(23)20-25-18(2,3)19(4,5)26-20/h1,7-8,12H,9-11H2,2-5H3. The molecule has 0 bridgehead atoms. The minimum Gasteiger partial charge on any atom is -0.398 e. The molecule has 1 aromatic carbocycles. The van der Waals surface area contributed by atoms with E-state index >= 15 is 4.39 Å². The lowest BCUT2D eigenvalue weighted by Gasteiger charge is -2.32. The highest BCUT2D eigenvalue weighted by Gasteiger charge is 2.53. The highest BCUT2D eigenvalue weighted by atomic mass is 19.2. The van der Waals surface area contributed by atoms with Gasteiger partial charge in [0.05, 0.1) is 17.8 Å². The van der Waals surface area contributed by atoms with E-state index < -0.39 is 35.7 Å². The van der Waals surface area contributed by atoms with Crippen LogP contribution in [-0.2, 0) is 14.0 Å². The molecule has 2 rings (SSSR count). The minimum atomic E-state index is -1.24. The van der Waals surface area contributed by atoms with E-state index in [1.807, 2.05) is 0 Å². The first kappa shape index (κ1) is 20.6. The molecule has 0 atom stereocenters. The molecule has 1 aliphatic heterocycles. The Morgan fingerprint density at radius 2 is 1.77 bits per heavy atom. The third kappa shape index (κ3) is 4.32. The van der Waals surface area contributed by atoms with Crippen molar-refractivity contribution in [3.05, 3.63) is 41.1 Å². The molecule has 0 saturated carbocycles. The predicted molar refractivity (Wildman–Crippen MR) is 94.7 cm³/mol. The van der Waals surface area contributed by atoms with Crippen molar-refractivity contribution in [2.24, 2.45) is 0 Å². The number of rotatable bonds is 6. The van der Waals surface area contributed by atoms with Crippen molar-refractivity contribution < 1.29 is 27.2 Å². The van der Waals surface area contributed by atoms with E-state index in [-0.39, 0.29) is 30.8 Å². The molecule has 0 unspecified atom stereocenters. The average Bonchev–Trinajstić information content (AvgIpc) is 2.78. The van der Waals surface area contributed by atoms with Crippen LogP contribution in [0.25, 0.3) is 5.57 Å². The van der Waals surface area contributed by atoms with Crippen molar-refractivity contribution in [1.29, 1.82) is 0 Å². The van der Waals surface area contributed by atoms with E-state index in [0.717, 1.165) is 12.1 Å². The zero-order chi connectivity index (χ0) is 19.5. The SMILES string of the molecule is C#CCOCCC(=C(F)B1OC(C)(C)C(C)(C)O1)c1ccc(F)c(F)c1. The van der Waals surface area contributed by atoms with Crippen LogP contribution in [0.15, 0.2) is 23.9 Å². The van der Waals surface area contributed by atoms with Crippen LogP contribution in [0.5, 0.6) is 0 Å². The Labute approximate surface area is 152 Å². The van der Waals surface area contributed by atoms with E-state index in [9.17, 15) is 8.78 Å². The van der Waals surface area contributed by atoms with E-state index in [4.69, 9.17) is 20.5 Å². The second kappa shape index (κ2) is 7.87. The largest absolute Gasteiger partial charge is 0.525 e. The first-order chi connectivity index (χ1) is 12.1. The molecule has 0 aliphatic carbocycles. The molecular weight excluding hydrogens is 344 g/mol. The van der Waals surface area contributed by atoms with Crippen LogP contribution in [-0.4, -0.2) is 31.5 Å². The highest BCUT2D eigenvalue weighted by Crippen LogP contribution is 2.40. The molecule has 0 aromatic heterocycles. The molecular formula is C19H22BF3O3. The van der Waals surface area contributed by atoms with Gasteiger partial charge in [-0.25, -0.2) is 13.2 Å². The maximum absolute atomic E-state index is 15.2. The van der Waals surface area contributed by atoms with Gasteiger partial charge in [-0.2, -0.15) is 0 Å².